The van der Waals surface area contributed by atoms with Crippen LogP contribution in [0.15, 0.2) is 24.3 Å². The predicted molar refractivity (Wildman–Crippen MR) is 132 cm³/mol. The number of nitrogens with one attached hydrogen (secondary N) is 1. The molecule has 178 valence electrons. The molecule has 1 fully saturated rings. The Labute approximate surface area is 195 Å². The Hall–Kier alpha value is -2.87. The maximum atomic E-state index is 12.7. The van der Waals surface area contributed by atoms with E-state index in [2.05, 4.69) is 27.9 Å². The van der Waals surface area contributed by atoms with Crippen molar-refractivity contribution in [1.29, 1.82) is 0 Å². The van der Waals surface area contributed by atoms with Crippen molar-refractivity contribution in [2.24, 2.45) is 0 Å². The van der Waals surface area contributed by atoms with Gasteiger partial charge in [0.2, 0.25) is 0 Å². The molecule has 0 spiro atoms. The minimum absolute atomic E-state index is 0.0377. The van der Waals surface area contributed by atoms with Crippen molar-refractivity contribution >= 4 is 33.8 Å². The maximum Gasteiger partial charge on any atom is 0.341 e. The summed E-state index contributed by atoms with van der Waals surface area (Å²) in [5, 5.41) is 5.67. The van der Waals surface area contributed by atoms with Crippen molar-refractivity contribution in [2.45, 2.75) is 83.8 Å². The molecule has 3 aromatic rings. The molecule has 2 heterocycles. The third-order valence-corrected chi connectivity index (χ3v) is 6.65. The number of hydrogen-bond donors (Lipinski definition) is 2. The lowest BCUT2D eigenvalue weighted by molar-refractivity contribution is -0.114. The Bertz CT molecular complexity index is 1110. The summed E-state index contributed by atoms with van der Waals surface area (Å²) in [7, 11) is 1.56. The molecule has 33 heavy (non-hydrogen) atoms. The number of nitrogens with two attached hydrogens (primary N) is 1. The average molecular weight is 453 g/mol. The number of anilines is 1. The van der Waals surface area contributed by atoms with E-state index in [4.69, 9.17) is 15.6 Å². The summed E-state index contributed by atoms with van der Waals surface area (Å²) in [6.07, 6.45) is 8.05. The molecule has 2 aromatic heterocycles. The number of amides is 2. The Morgan fingerprint density at radius 2 is 2.06 bits per heavy atom. The second kappa shape index (κ2) is 10.4. The molecule has 0 saturated heterocycles. The molecule has 3 N–H and O–H groups in total. The molecule has 8 nitrogen and oxygen atoms in total. The van der Waals surface area contributed by atoms with Crippen molar-refractivity contribution < 1.29 is 9.63 Å². The summed E-state index contributed by atoms with van der Waals surface area (Å²) in [6, 6.07) is 8.17. The van der Waals surface area contributed by atoms with E-state index in [0.717, 1.165) is 72.8 Å². The van der Waals surface area contributed by atoms with Crippen LogP contribution in [0.1, 0.15) is 64.6 Å². The zero-order valence-electron chi connectivity index (χ0n) is 20.0. The van der Waals surface area contributed by atoms with Gasteiger partial charge in [-0.15, -0.1) is 0 Å². The number of nitrogens with zero attached hydrogens (tertiary/aromatic N) is 4. The number of imidazole rings is 1. The topological polar surface area (TPSA) is 98.3 Å². The van der Waals surface area contributed by atoms with Gasteiger partial charge in [0.05, 0.1) is 24.2 Å². The van der Waals surface area contributed by atoms with Gasteiger partial charge in [0.25, 0.3) is 0 Å². The van der Waals surface area contributed by atoms with Crippen LogP contribution in [0.4, 0.5) is 10.6 Å². The number of nitrogen functional groups attached to an aromatic ring is 1. The van der Waals surface area contributed by atoms with Crippen LogP contribution in [0.25, 0.3) is 21.9 Å². The molecule has 0 bridgehead atoms. The first kappa shape index (κ1) is 23.3. The molecule has 1 aliphatic carbocycles. The highest BCUT2D eigenvalue weighted by Crippen LogP contribution is 2.29. The van der Waals surface area contributed by atoms with Gasteiger partial charge in [-0.25, -0.2) is 19.8 Å². The zero-order valence-corrected chi connectivity index (χ0v) is 20.0. The molecule has 1 unspecified atom stereocenters. The minimum Gasteiger partial charge on any atom is -0.382 e. The largest absolute Gasteiger partial charge is 0.382 e. The highest BCUT2D eigenvalue weighted by atomic mass is 16.7. The highest BCUT2D eigenvalue weighted by Gasteiger charge is 2.25. The molecule has 1 saturated carbocycles. The maximum absolute atomic E-state index is 12.7. The number of aromatic nitrogens is 3. The number of rotatable bonds is 9. The van der Waals surface area contributed by atoms with Gasteiger partial charge in [0, 0.05) is 24.4 Å². The molecule has 0 aliphatic heterocycles. The van der Waals surface area contributed by atoms with E-state index in [9.17, 15) is 4.79 Å². The van der Waals surface area contributed by atoms with E-state index < -0.39 is 0 Å². The molecule has 1 aliphatic rings. The van der Waals surface area contributed by atoms with E-state index in [-0.39, 0.29) is 18.1 Å². The van der Waals surface area contributed by atoms with Gasteiger partial charge in [-0.3, -0.25) is 4.84 Å². The van der Waals surface area contributed by atoms with Crippen LogP contribution in [-0.2, 0) is 17.8 Å². The number of benzene rings is 1. The minimum atomic E-state index is -0.138. The quantitative estimate of drug-likeness (QED) is 0.454. The predicted octanol–water partition coefficient (Wildman–Crippen LogP) is 4.80. The van der Waals surface area contributed by atoms with Crippen molar-refractivity contribution in [3.05, 3.63) is 30.1 Å². The van der Waals surface area contributed by atoms with Crippen LogP contribution in [0.2, 0.25) is 0 Å². The number of urea groups is 1. The second-order valence-electron chi connectivity index (χ2n) is 9.07. The molecule has 8 heteroatoms. The van der Waals surface area contributed by atoms with Gasteiger partial charge in [-0.2, -0.15) is 0 Å². The number of hydrogen-bond acceptors (Lipinski definition) is 5. The number of aryl methyl sites for hydroxylation is 2. The Kier molecular flexibility index (Phi) is 7.33. The monoisotopic (exact) mass is 452 g/mol. The average Bonchev–Trinajstić information content (AvgIpc) is 3.43. The first-order chi connectivity index (χ1) is 16.0. The zero-order chi connectivity index (χ0) is 23.4. The normalized spacial score (nSPS) is 15.4. The summed E-state index contributed by atoms with van der Waals surface area (Å²) in [5.74, 6) is 1.51. The van der Waals surface area contributed by atoms with Crippen LogP contribution in [0, 0.1) is 0 Å². The fraction of sp³-hybridized carbons (Fsp3) is 0.560. The lowest BCUT2D eigenvalue weighted by Crippen LogP contribution is -2.47. The number of carbonyl (C=O) groups excluding carboxylic acids is 1. The molecule has 1 aromatic carbocycles. The Morgan fingerprint density at radius 3 is 2.79 bits per heavy atom. The standard InChI is InChI=1S/C25H36N6O2/c1-4-10-21-29-22-23(19-14-7-8-15-20(19)28-24(22)26)30(21)16-9-11-17(2)31(33-3)25(32)27-18-12-5-6-13-18/h7-8,14-15,17-18H,4-6,9-13,16H2,1-3H3,(H2,26,28)(H,27,32). The fourth-order valence-electron chi connectivity index (χ4n) is 4.99. The Morgan fingerprint density at radius 1 is 1.30 bits per heavy atom. The summed E-state index contributed by atoms with van der Waals surface area (Å²) >= 11 is 0. The van der Waals surface area contributed by atoms with Crippen molar-refractivity contribution in [2.75, 3.05) is 12.8 Å². The van der Waals surface area contributed by atoms with E-state index in [1.807, 2.05) is 25.1 Å². The Balaban J connectivity index is 1.51. The third kappa shape index (κ3) is 4.90. The highest BCUT2D eigenvalue weighted by molar-refractivity contribution is 6.06. The first-order valence-electron chi connectivity index (χ1n) is 12.2. The number of para-hydroxylation sites is 1. The number of hydroxylamine groups is 2. The number of fused-ring (bicyclic) bond motifs is 3. The van der Waals surface area contributed by atoms with Gasteiger partial charge in [0.15, 0.2) is 5.82 Å². The summed E-state index contributed by atoms with van der Waals surface area (Å²) in [4.78, 5) is 27.6. The molecule has 1 atom stereocenters. The number of carbonyl (C=O) groups is 1. The molecule has 4 rings (SSSR count). The first-order valence-corrected chi connectivity index (χ1v) is 12.2. The van der Waals surface area contributed by atoms with Gasteiger partial charge < -0.3 is 15.6 Å². The molecule has 0 radical (unpaired) electrons. The van der Waals surface area contributed by atoms with Crippen LogP contribution in [0.3, 0.4) is 0 Å². The summed E-state index contributed by atoms with van der Waals surface area (Å²) in [5.41, 5.74) is 8.99. The van der Waals surface area contributed by atoms with Crippen molar-refractivity contribution in [1.82, 2.24) is 24.9 Å². The van der Waals surface area contributed by atoms with E-state index in [1.54, 1.807) is 7.11 Å². The van der Waals surface area contributed by atoms with Crippen molar-refractivity contribution in [3.8, 4) is 0 Å². The van der Waals surface area contributed by atoms with Crippen LogP contribution >= 0.6 is 0 Å². The number of pyridine rings is 1. The fourth-order valence-corrected chi connectivity index (χ4v) is 4.99. The van der Waals surface area contributed by atoms with Gasteiger partial charge in [-0.05, 0) is 45.1 Å². The third-order valence-electron chi connectivity index (χ3n) is 6.65. The van der Waals surface area contributed by atoms with Gasteiger partial charge in [0.1, 0.15) is 11.3 Å². The lowest BCUT2D eigenvalue weighted by atomic mass is 10.1. The van der Waals surface area contributed by atoms with Crippen LogP contribution in [-0.4, -0.2) is 44.8 Å². The SMILES string of the molecule is CCCc1nc2c(N)nc3ccccc3c2n1CCCC(C)N(OC)C(=O)NC1CCCC1. The molecule has 2 amide bonds. The van der Waals surface area contributed by atoms with Crippen LogP contribution in [0.5, 0.6) is 0 Å². The summed E-state index contributed by atoms with van der Waals surface area (Å²) < 4.78 is 2.29. The van der Waals surface area contributed by atoms with Crippen LogP contribution < -0.4 is 11.1 Å². The summed E-state index contributed by atoms with van der Waals surface area (Å²) in [6.45, 7) is 4.99. The van der Waals surface area contributed by atoms with Gasteiger partial charge in [-0.1, -0.05) is 38.0 Å². The second-order valence-corrected chi connectivity index (χ2v) is 9.07. The van der Waals surface area contributed by atoms with E-state index in [1.165, 1.54) is 17.9 Å². The lowest BCUT2D eigenvalue weighted by Gasteiger charge is -2.28. The van der Waals surface area contributed by atoms with Gasteiger partial charge >= 0.3 is 6.03 Å². The van der Waals surface area contributed by atoms with Crippen molar-refractivity contribution in [3.63, 3.8) is 0 Å². The van der Waals surface area contributed by atoms with E-state index in [0.29, 0.717) is 5.82 Å². The molecular weight excluding hydrogens is 416 g/mol. The smallest absolute Gasteiger partial charge is 0.341 e. The van der Waals surface area contributed by atoms with E-state index >= 15 is 0 Å². The molecular formula is C25H36N6O2.